The number of nitrogens with one attached hydrogen (secondary N) is 1. The summed E-state index contributed by atoms with van der Waals surface area (Å²) in [5, 5.41) is 3.20. The van der Waals surface area contributed by atoms with Crippen molar-refractivity contribution in [2.75, 3.05) is 39.4 Å². The van der Waals surface area contributed by atoms with Gasteiger partial charge in [-0.15, -0.1) is 0 Å². The van der Waals surface area contributed by atoms with Gasteiger partial charge in [0.05, 0.1) is 5.41 Å². The minimum absolute atomic E-state index is 0.0303. The van der Waals surface area contributed by atoms with Crippen molar-refractivity contribution in [3.63, 3.8) is 0 Å². The molecule has 1 N–H and O–H groups in total. The van der Waals surface area contributed by atoms with Gasteiger partial charge in [0.15, 0.2) is 0 Å². The monoisotopic (exact) mass is 477 g/mol. The van der Waals surface area contributed by atoms with Crippen molar-refractivity contribution in [2.24, 2.45) is 0 Å². The van der Waals surface area contributed by atoms with Gasteiger partial charge >= 0.3 is 6.03 Å². The second-order valence-corrected chi connectivity index (χ2v) is 9.68. The lowest BCUT2D eigenvalue weighted by atomic mass is 9.73. The highest BCUT2D eigenvalue weighted by Gasteiger charge is 2.44. The third kappa shape index (κ3) is 4.67. The molecular formula is C23H32BrN3O3. The fourth-order valence-electron chi connectivity index (χ4n) is 5.04. The molecule has 1 saturated carbocycles. The van der Waals surface area contributed by atoms with Gasteiger partial charge in [0.25, 0.3) is 0 Å². The second kappa shape index (κ2) is 9.69. The Hall–Kier alpha value is -1.60. The van der Waals surface area contributed by atoms with Crippen molar-refractivity contribution in [1.29, 1.82) is 0 Å². The molecule has 2 saturated heterocycles. The zero-order valence-electron chi connectivity index (χ0n) is 17.6. The zero-order valence-corrected chi connectivity index (χ0v) is 19.2. The van der Waals surface area contributed by atoms with E-state index in [9.17, 15) is 9.59 Å². The molecule has 30 heavy (non-hydrogen) atoms. The summed E-state index contributed by atoms with van der Waals surface area (Å²) in [6.45, 7) is 3.58. The van der Waals surface area contributed by atoms with Crippen LogP contribution in [0.3, 0.4) is 0 Å². The van der Waals surface area contributed by atoms with E-state index in [1.165, 1.54) is 19.3 Å². The molecule has 1 aliphatic carbocycles. The summed E-state index contributed by atoms with van der Waals surface area (Å²) in [7, 11) is 0. The van der Waals surface area contributed by atoms with E-state index >= 15 is 0 Å². The van der Waals surface area contributed by atoms with Crippen molar-refractivity contribution in [3.8, 4) is 0 Å². The van der Waals surface area contributed by atoms with E-state index in [-0.39, 0.29) is 11.9 Å². The lowest BCUT2D eigenvalue weighted by Crippen LogP contribution is -2.58. The van der Waals surface area contributed by atoms with Gasteiger partial charge in [-0.3, -0.25) is 4.79 Å². The topological polar surface area (TPSA) is 61.9 Å². The van der Waals surface area contributed by atoms with Crippen molar-refractivity contribution in [2.45, 2.75) is 56.4 Å². The summed E-state index contributed by atoms with van der Waals surface area (Å²) in [5.74, 6) is 0.181. The molecule has 3 amide bonds. The molecule has 2 aliphatic heterocycles. The maximum Gasteiger partial charge on any atom is 0.317 e. The lowest BCUT2D eigenvalue weighted by molar-refractivity contribution is -0.142. The predicted molar refractivity (Wildman–Crippen MR) is 119 cm³/mol. The molecule has 1 aromatic carbocycles. The number of ether oxygens (including phenoxy) is 1. The van der Waals surface area contributed by atoms with Crippen molar-refractivity contribution >= 4 is 27.9 Å². The van der Waals surface area contributed by atoms with Crippen LogP contribution < -0.4 is 5.32 Å². The first-order valence-corrected chi connectivity index (χ1v) is 12.1. The Morgan fingerprint density at radius 2 is 1.53 bits per heavy atom. The molecule has 2 heterocycles. The van der Waals surface area contributed by atoms with Gasteiger partial charge in [-0.2, -0.15) is 0 Å². The van der Waals surface area contributed by atoms with Crippen molar-refractivity contribution < 1.29 is 14.3 Å². The Kier molecular flexibility index (Phi) is 6.98. The summed E-state index contributed by atoms with van der Waals surface area (Å²) in [6, 6.07) is 8.47. The van der Waals surface area contributed by atoms with Crippen LogP contribution in [0.15, 0.2) is 28.7 Å². The van der Waals surface area contributed by atoms with Gasteiger partial charge in [-0.1, -0.05) is 47.3 Å². The van der Waals surface area contributed by atoms with Crippen LogP contribution in [-0.4, -0.2) is 67.2 Å². The average Bonchev–Trinajstić information content (AvgIpc) is 2.80. The van der Waals surface area contributed by atoms with Gasteiger partial charge in [0.2, 0.25) is 5.91 Å². The van der Waals surface area contributed by atoms with Crippen LogP contribution in [0.2, 0.25) is 0 Å². The number of halogens is 1. The highest BCUT2D eigenvalue weighted by Crippen LogP contribution is 2.37. The van der Waals surface area contributed by atoms with E-state index in [2.05, 4.69) is 33.4 Å². The standard InChI is InChI=1S/C23H32BrN3O3/c24-19-8-6-18(7-9-19)23(10-16-30-17-11-23)21(28)26-12-14-27(15-13-26)22(29)25-20-4-2-1-3-5-20/h6-9,20H,1-5,10-17H2,(H,25,29). The minimum atomic E-state index is -0.522. The molecule has 0 spiro atoms. The molecular weight excluding hydrogens is 446 g/mol. The van der Waals surface area contributed by atoms with E-state index in [0.717, 1.165) is 22.9 Å². The van der Waals surface area contributed by atoms with Crippen LogP contribution in [0.5, 0.6) is 0 Å². The van der Waals surface area contributed by atoms with E-state index in [1.54, 1.807) is 0 Å². The predicted octanol–water partition coefficient (Wildman–Crippen LogP) is 3.68. The average molecular weight is 478 g/mol. The first-order chi connectivity index (χ1) is 14.6. The Bertz CT molecular complexity index is 735. The Labute approximate surface area is 187 Å². The minimum Gasteiger partial charge on any atom is -0.381 e. The number of carbonyl (C=O) groups is 2. The molecule has 164 valence electrons. The number of piperazine rings is 1. The third-order valence-electron chi connectivity index (χ3n) is 6.94. The number of rotatable bonds is 3. The third-order valence-corrected chi connectivity index (χ3v) is 7.47. The fraction of sp³-hybridized carbons (Fsp3) is 0.652. The Balaban J connectivity index is 1.39. The van der Waals surface area contributed by atoms with Crippen LogP contribution in [0.4, 0.5) is 4.79 Å². The number of hydrogen-bond acceptors (Lipinski definition) is 3. The molecule has 3 fully saturated rings. The van der Waals surface area contributed by atoms with Crippen molar-refractivity contribution in [1.82, 2.24) is 15.1 Å². The van der Waals surface area contributed by atoms with Crippen molar-refractivity contribution in [3.05, 3.63) is 34.3 Å². The Morgan fingerprint density at radius 1 is 0.933 bits per heavy atom. The highest BCUT2D eigenvalue weighted by atomic mass is 79.9. The summed E-state index contributed by atoms with van der Waals surface area (Å²) in [4.78, 5) is 30.2. The maximum absolute atomic E-state index is 13.7. The van der Waals surface area contributed by atoms with Crippen LogP contribution in [0.1, 0.15) is 50.5 Å². The van der Waals surface area contributed by atoms with E-state index in [4.69, 9.17) is 4.74 Å². The van der Waals surface area contributed by atoms with E-state index in [1.807, 2.05) is 21.9 Å². The number of hydrogen-bond donors (Lipinski definition) is 1. The molecule has 0 bridgehead atoms. The molecule has 6 nitrogen and oxygen atoms in total. The first kappa shape index (κ1) is 21.6. The number of nitrogens with zero attached hydrogens (tertiary/aromatic N) is 2. The molecule has 0 radical (unpaired) electrons. The molecule has 7 heteroatoms. The highest BCUT2D eigenvalue weighted by molar-refractivity contribution is 9.10. The maximum atomic E-state index is 13.7. The number of urea groups is 1. The van der Waals surface area contributed by atoms with Gasteiger partial charge in [-0.05, 0) is 43.4 Å². The summed E-state index contributed by atoms with van der Waals surface area (Å²) < 4.78 is 6.60. The zero-order chi connectivity index (χ0) is 21.0. The van der Waals surface area contributed by atoms with Gasteiger partial charge < -0.3 is 19.9 Å². The number of carbonyl (C=O) groups excluding carboxylic acids is 2. The van der Waals surface area contributed by atoms with Gasteiger partial charge in [-0.25, -0.2) is 4.79 Å². The van der Waals surface area contributed by atoms with E-state index in [0.29, 0.717) is 58.3 Å². The molecule has 0 atom stereocenters. The van der Waals surface area contributed by atoms with Gasteiger partial charge in [0.1, 0.15) is 0 Å². The largest absolute Gasteiger partial charge is 0.381 e. The van der Waals surface area contributed by atoms with E-state index < -0.39 is 5.41 Å². The SMILES string of the molecule is O=C(NC1CCCCC1)N1CCN(C(=O)C2(c3ccc(Br)cc3)CCOCC2)CC1. The normalized spacial score (nSPS) is 22.6. The summed E-state index contributed by atoms with van der Waals surface area (Å²) in [5.41, 5.74) is 0.544. The van der Waals surface area contributed by atoms with Crippen LogP contribution in [-0.2, 0) is 14.9 Å². The van der Waals surface area contributed by atoms with Crippen LogP contribution in [0, 0.1) is 0 Å². The number of amides is 3. The summed E-state index contributed by atoms with van der Waals surface area (Å²) >= 11 is 3.49. The number of benzene rings is 1. The molecule has 0 aromatic heterocycles. The second-order valence-electron chi connectivity index (χ2n) is 8.77. The summed E-state index contributed by atoms with van der Waals surface area (Å²) in [6.07, 6.45) is 7.26. The van der Waals surface area contributed by atoms with Crippen LogP contribution >= 0.6 is 15.9 Å². The Morgan fingerprint density at radius 3 is 2.17 bits per heavy atom. The van der Waals surface area contributed by atoms with Crippen LogP contribution in [0.25, 0.3) is 0 Å². The fourth-order valence-corrected chi connectivity index (χ4v) is 5.31. The first-order valence-electron chi connectivity index (χ1n) is 11.3. The smallest absolute Gasteiger partial charge is 0.317 e. The molecule has 0 unspecified atom stereocenters. The molecule has 3 aliphatic rings. The molecule has 1 aromatic rings. The molecule has 4 rings (SSSR count). The van der Waals surface area contributed by atoms with Gasteiger partial charge in [0, 0.05) is 49.9 Å². The lowest BCUT2D eigenvalue weighted by Gasteiger charge is -2.43. The quantitative estimate of drug-likeness (QED) is 0.721.